The largest absolute Gasteiger partial charge is 0.444 e. The zero-order valence-corrected chi connectivity index (χ0v) is 23.1. The second-order valence-electron chi connectivity index (χ2n) is 9.88. The summed E-state index contributed by atoms with van der Waals surface area (Å²) in [6.07, 6.45) is 2.67. The molecular formula is C26H34BrN5O2S. The first-order chi connectivity index (χ1) is 16.6. The Morgan fingerprint density at radius 2 is 1.97 bits per heavy atom. The summed E-state index contributed by atoms with van der Waals surface area (Å²) < 4.78 is 4.70. The zero-order valence-electron chi connectivity index (χ0n) is 20.7. The number of carbonyl (C=O) groups excluding carboxylic acids is 1. The molecule has 9 heteroatoms. The van der Waals surface area contributed by atoms with E-state index >= 15 is 0 Å². The smallest absolute Gasteiger partial charge is 0.407 e. The van der Waals surface area contributed by atoms with E-state index in [1.165, 1.54) is 10.9 Å². The van der Waals surface area contributed by atoms with Crippen LogP contribution in [-0.2, 0) is 15.7 Å². The molecule has 0 radical (unpaired) electrons. The fraction of sp³-hybridized carbons (Fsp3) is 0.423. The number of ether oxygens (including phenoxy) is 1. The minimum atomic E-state index is -0.600. The van der Waals surface area contributed by atoms with Crippen molar-refractivity contribution < 1.29 is 9.53 Å². The quantitative estimate of drug-likeness (QED) is 0.220. The van der Waals surface area contributed by atoms with Crippen molar-refractivity contribution in [3.63, 3.8) is 0 Å². The fourth-order valence-electron chi connectivity index (χ4n) is 4.17. The Kier molecular flexibility index (Phi) is 7.90. The van der Waals surface area contributed by atoms with Crippen LogP contribution in [0, 0.1) is 0 Å². The summed E-state index contributed by atoms with van der Waals surface area (Å²) in [7, 11) is 2.05. The average molecular weight is 561 g/mol. The number of nitrogens with zero attached hydrogens (tertiary/aromatic N) is 1. The fourth-order valence-corrected chi connectivity index (χ4v) is 5.72. The van der Waals surface area contributed by atoms with Crippen molar-refractivity contribution in [1.29, 1.82) is 0 Å². The Balaban J connectivity index is 1.39. The van der Waals surface area contributed by atoms with E-state index in [4.69, 9.17) is 4.74 Å². The highest BCUT2D eigenvalue weighted by Gasteiger charge is 2.37. The van der Waals surface area contributed by atoms with E-state index in [0.717, 1.165) is 48.5 Å². The number of likely N-dealkylation sites (N-methyl/N-ethyl adjacent to an activating group) is 1. The first-order valence-electron chi connectivity index (χ1n) is 11.8. The number of carbonyl (C=O) groups is 1. The van der Waals surface area contributed by atoms with Gasteiger partial charge in [-0.1, -0.05) is 18.2 Å². The lowest BCUT2D eigenvalue weighted by Crippen LogP contribution is -2.52. The van der Waals surface area contributed by atoms with Gasteiger partial charge in [0.2, 0.25) is 0 Å². The number of amides is 1. The van der Waals surface area contributed by atoms with E-state index in [-0.39, 0.29) is 6.09 Å². The number of alkyl halides is 1. The van der Waals surface area contributed by atoms with Crippen LogP contribution in [0.4, 0.5) is 4.79 Å². The molecular weight excluding hydrogens is 526 g/mol. The maximum absolute atomic E-state index is 11.9. The Bertz CT molecular complexity index is 1180. The molecule has 3 aromatic rings. The predicted octanol–water partition coefficient (Wildman–Crippen LogP) is 4.97. The van der Waals surface area contributed by atoms with E-state index in [9.17, 15) is 4.79 Å². The normalized spacial score (nSPS) is 17.7. The zero-order chi connectivity index (χ0) is 25.1. The SMILES string of the molecule is CN(CCNC(=O)OC(C)(C)C)CCNC1(Br)NC(Cc2ccsc2)=Cc2[nH]c3ccccc3c21. The molecule has 1 amide bonds. The minimum absolute atomic E-state index is 0.383. The number of allylic oxidation sites excluding steroid dienone is 1. The molecule has 1 unspecified atom stereocenters. The number of nitrogens with one attached hydrogen (secondary N) is 4. The molecule has 0 spiro atoms. The van der Waals surface area contributed by atoms with E-state index in [2.05, 4.69) is 88.9 Å². The molecule has 188 valence electrons. The number of para-hydroxylation sites is 1. The first kappa shape index (κ1) is 25.8. The predicted molar refractivity (Wildman–Crippen MR) is 148 cm³/mol. The molecule has 1 atom stereocenters. The van der Waals surface area contributed by atoms with E-state index in [1.807, 2.05) is 27.8 Å². The third-order valence-corrected chi connectivity index (χ3v) is 7.34. The van der Waals surface area contributed by atoms with Gasteiger partial charge in [0.25, 0.3) is 0 Å². The van der Waals surface area contributed by atoms with Crippen molar-refractivity contribution in [3.8, 4) is 0 Å². The molecule has 7 nitrogen and oxygen atoms in total. The number of benzene rings is 1. The molecule has 0 saturated heterocycles. The maximum atomic E-state index is 11.9. The number of H-pyrrole nitrogens is 1. The van der Waals surface area contributed by atoms with E-state index in [0.29, 0.717) is 6.54 Å². The summed E-state index contributed by atoms with van der Waals surface area (Å²) in [6.45, 7) is 8.40. The van der Waals surface area contributed by atoms with Crippen molar-refractivity contribution >= 4 is 50.3 Å². The van der Waals surface area contributed by atoms with Crippen molar-refractivity contribution in [2.24, 2.45) is 0 Å². The summed E-state index contributed by atoms with van der Waals surface area (Å²) in [5, 5.41) is 15.7. The Labute approximate surface area is 219 Å². The van der Waals surface area contributed by atoms with Gasteiger partial charge in [-0.15, -0.1) is 0 Å². The number of hydrogen-bond donors (Lipinski definition) is 4. The minimum Gasteiger partial charge on any atom is -0.444 e. The van der Waals surface area contributed by atoms with Crippen LogP contribution in [0.2, 0.25) is 0 Å². The monoisotopic (exact) mass is 559 g/mol. The standard InChI is InChI=1S/C26H34BrN5O2S/c1-25(2,3)34-24(33)28-10-12-32(4)13-11-29-26(27)23-20-7-5-6-8-21(20)30-22(23)16-19(31-26)15-18-9-14-35-17-18/h5-9,14,16-17,29-31H,10-13,15H2,1-4H3,(H,28,33). The van der Waals surface area contributed by atoms with E-state index in [1.54, 1.807) is 11.3 Å². The molecule has 1 aliphatic rings. The van der Waals surface area contributed by atoms with E-state index < -0.39 is 10.2 Å². The number of alkyl carbamates (subject to hydrolysis) is 1. The average Bonchev–Trinajstić information content (AvgIpc) is 3.40. The molecule has 35 heavy (non-hydrogen) atoms. The molecule has 4 N–H and O–H groups in total. The molecule has 3 heterocycles. The highest BCUT2D eigenvalue weighted by atomic mass is 79.9. The summed E-state index contributed by atoms with van der Waals surface area (Å²) in [5.41, 5.74) is 5.33. The second-order valence-corrected chi connectivity index (χ2v) is 11.8. The van der Waals surface area contributed by atoms with Crippen LogP contribution < -0.4 is 16.0 Å². The molecule has 0 bridgehead atoms. The molecule has 1 aliphatic heterocycles. The van der Waals surface area contributed by atoms with Gasteiger partial charge < -0.3 is 25.3 Å². The van der Waals surface area contributed by atoms with Gasteiger partial charge in [0.05, 0.1) is 0 Å². The lowest BCUT2D eigenvalue weighted by molar-refractivity contribution is 0.0523. The van der Waals surface area contributed by atoms with Crippen molar-refractivity contribution in [1.82, 2.24) is 25.8 Å². The van der Waals surface area contributed by atoms with Crippen LogP contribution in [0.25, 0.3) is 17.0 Å². The van der Waals surface area contributed by atoms with Gasteiger partial charge in [-0.3, -0.25) is 5.32 Å². The van der Waals surface area contributed by atoms with Gasteiger partial charge in [0, 0.05) is 60.5 Å². The Morgan fingerprint density at radius 3 is 2.71 bits per heavy atom. The lowest BCUT2D eigenvalue weighted by atomic mass is 10.0. The van der Waals surface area contributed by atoms with Crippen molar-refractivity contribution in [2.75, 3.05) is 33.2 Å². The van der Waals surface area contributed by atoms with Crippen LogP contribution >= 0.6 is 27.3 Å². The van der Waals surface area contributed by atoms with Crippen LogP contribution in [0.5, 0.6) is 0 Å². The van der Waals surface area contributed by atoms with Gasteiger partial charge >= 0.3 is 6.09 Å². The van der Waals surface area contributed by atoms with Crippen molar-refractivity contribution in [2.45, 2.75) is 37.4 Å². The molecule has 0 fully saturated rings. The van der Waals surface area contributed by atoms with Gasteiger partial charge in [0.1, 0.15) is 5.60 Å². The van der Waals surface area contributed by atoms with Crippen molar-refractivity contribution in [3.05, 3.63) is 63.6 Å². The molecule has 0 aliphatic carbocycles. The van der Waals surface area contributed by atoms with Gasteiger partial charge in [-0.25, -0.2) is 4.79 Å². The van der Waals surface area contributed by atoms with Gasteiger partial charge in [-0.05, 0) is 78.3 Å². The van der Waals surface area contributed by atoms with Crippen LogP contribution in [0.1, 0.15) is 37.6 Å². The van der Waals surface area contributed by atoms with Gasteiger partial charge in [0.15, 0.2) is 4.57 Å². The maximum Gasteiger partial charge on any atom is 0.407 e. The number of rotatable bonds is 9. The highest BCUT2D eigenvalue weighted by molar-refractivity contribution is 9.09. The van der Waals surface area contributed by atoms with Crippen LogP contribution in [0.3, 0.4) is 0 Å². The first-order valence-corrected chi connectivity index (χ1v) is 13.6. The van der Waals surface area contributed by atoms with Gasteiger partial charge in [-0.2, -0.15) is 11.3 Å². The van der Waals surface area contributed by atoms with Crippen LogP contribution in [-0.4, -0.2) is 54.8 Å². The number of aromatic nitrogens is 1. The number of halogens is 1. The second kappa shape index (κ2) is 10.7. The number of fused-ring (bicyclic) bond motifs is 3. The lowest BCUT2D eigenvalue weighted by Gasteiger charge is -2.36. The highest BCUT2D eigenvalue weighted by Crippen LogP contribution is 2.40. The Morgan fingerprint density at radius 1 is 1.20 bits per heavy atom. The summed E-state index contributed by atoms with van der Waals surface area (Å²) in [6, 6.07) is 10.5. The summed E-state index contributed by atoms with van der Waals surface area (Å²) in [5.74, 6) is 0. The molecule has 0 saturated carbocycles. The number of hydrogen-bond acceptors (Lipinski definition) is 6. The molecule has 2 aromatic heterocycles. The summed E-state index contributed by atoms with van der Waals surface area (Å²) in [4.78, 5) is 17.6. The topological polar surface area (TPSA) is 81.4 Å². The van der Waals surface area contributed by atoms with Crippen LogP contribution in [0.15, 0.2) is 46.8 Å². The number of thiophene rings is 1. The third-order valence-electron chi connectivity index (χ3n) is 5.73. The molecule has 4 rings (SSSR count). The summed E-state index contributed by atoms with van der Waals surface area (Å²) >= 11 is 5.73. The number of aromatic amines is 1. The molecule has 1 aromatic carbocycles. The Hall–Kier alpha value is -2.33. The third kappa shape index (κ3) is 6.67.